The predicted molar refractivity (Wildman–Crippen MR) is 109 cm³/mol. The number of benzene rings is 2. The monoisotopic (exact) mass is 448 g/mol. The van der Waals surface area contributed by atoms with Crippen molar-refractivity contribution in [3.05, 3.63) is 75.3 Å². The maximum atomic E-state index is 12.7. The SMILES string of the molecule is CCc1nc(Cn2c(=O)oc3cc(S(=O)(=O)NCc4ccccc4Cl)ccc32)no1. The van der Waals surface area contributed by atoms with Gasteiger partial charge in [-0.1, -0.05) is 41.9 Å². The number of oxazole rings is 1. The largest absolute Gasteiger partial charge is 0.420 e. The van der Waals surface area contributed by atoms with Crippen molar-refractivity contribution in [1.82, 2.24) is 19.4 Å². The summed E-state index contributed by atoms with van der Waals surface area (Å²) in [5, 5.41) is 4.29. The average Bonchev–Trinajstić information content (AvgIpc) is 3.31. The van der Waals surface area contributed by atoms with Gasteiger partial charge < -0.3 is 8.94 Å². The smallest absolute Gasteiger partial charge is 0.408 e. The lowest BCUT2D eigenvalue weighted by Crippen LogP contribution is -2.23. The number of nitrogens with zero attached hydrogens (tertiary/aromatic N) is 3. The third-order valence-electron chi connectivity index (χ3n) is 4.47. The lowest BCUT2D eigenvalue weighted by Gasteiger charge is -2.08. The quantitative estimate of drug-likeness (QED) is 0.461. The normalized spacial score (nSPS) is 11.9. The lowest BCUT2D eigenvalue weighted by atomic mass is 10.2. The van der Waals surface area contributed by atoms with E-state index in [1.807, 2.05) is 6.92 Å². The molecule has 0 atom stereocenters. The van der Waals surface area contributed by atoms with E-state index in [1.165, 1.54) is 22.8 Å². The highest BCUT2D eigenvalue weighted by Gasteiger charge is 2.19. The summed E-state index contributed by atoms with van der Waals surface area (Å²) in [6.45, 7) is 1.95. The standard InChI is InChI=1S/C19H17ClN4O5S/c1-2-18-22-17(23-29-18)11-24-15-8-7-13(9-16(15)28-19(24)25)30(26,27)21-10-12-5-3-4-6-14(12)20/h3-9,21H,2,10-11H2,1H3. The summed E-state index contributed by atoms with van der Waals surface area (Å²) in [6.07, 6.45) is 0.580. The Labute approximate surface area is 176 Å². The molecule has 0 radical (unpaired) electrons. The van der Waals surface area contributed by atoms with Gasteiger partial charge in [0, 0.05) is 24.1 Å². The van der Waals surface area contributed by atoms with Gasteiger partial charge in [0.25, 0.3) is 0 Å². The molecule has 30 heavy (non-hydrogen) atoms. The van der Waals surface area contributed by atoms with Crippen LogP contribution in [-0.4, -0.2) is 23.1 Å². The third kappa shape index (κ3) is 4.02. The van der Waals surface area contributed by atoms with Crippen LogP contribution in [-0.2, 0) is 29.5 Å². The van der Waals surface area contributed by atoms with Gasteiger partial charge in [0.1, 0.15) is 0 Å². The number of hydrogen-bond donors (Lipinski definition) is 1. The van der Waals surface area contributed by atoms with Gasteiger partial charge in [-0.25, -0.2) is 17.9 Å². The van der Waals surface area contributed by atoms with Crippen molar-refractivity contribution >= 4 is 32.7 Å². The van der Waals surface area contributed by atoms with Gasteiger partial charge in [0.05, 0.1) is 17.0 Å². The fourth-order valence-corrected chi connectivity index (χ4v) is 4.12. The molecule has 2 aromatic carbocycles. The summed E-state index contributed by atoms with van der Waals surface area (Å²) >= 11 is 6.07. The molecular formula is C19H17ClN4O5S. The lowest BCUT2D eigenvalue weighted by molar-refractivity contribution is 0.375. The second kappa shape index (κ2) is 8.05. The van der Waals surface area contributed by atoms with Crippen LogP contribution in [0.4, 0.5) is 0 Å². The zero-order chi connectivity index (χ0) is 21.3. The van der Waals surface area contributed by atoms with E-state index in [-0.39, 0.29) is 23.6 Å². The molecule has 1 N–H and O–H groups in total. The second-order valence-electron chi connectivity index (χ2n) is 6.46. The Morgan fingerprint density at radius 2 is 2.00 bits per heavy atom. The molecular weight excluding hydrogens is 432 g/mol. The molecule has 0 aliphatic carbocycles. The highest BCUT2D eigenvalue weighted by Crippen LogP contribution is 2.20. The van der Waals surface area contributed by atoms with E-state index < -0.39 is 15.8 Å². The number of sulfonamides is 1. The highest BCUT2D eigenvalue weighted by atomic mass is 35.5. The summed E-state index contributed by atoms with van der Waals surface area (Å²) in [5.41, 5.74) is 1.21. The molecule has 0 aliphatic heterocycles. The summed E-state index contributed by atoms with van der Waals surface area (Å²) < 4.78 is 39.4. The average molecular weight is 449 g/mol. The minimum absolute atomic E-state index is 0.0304. The molecule has 0 aliphatic rings. The number of aromatic nitrogens is 3. The molecule has 9 nitrogen and oxygen atoms in total. The summed E-state index contributed by atoms with van der Waals surface area (Å²) in [7, 11) is -3.85. The summed E-state index contributed by atoms with van der Waals surface area (Å²) in [4.78, 5) is 16.4. The van der Waals surface area contributed by atoms with Gasteiger partial charge in [0.15, 0.2) is 11.4 Å². The topological polar surface area (TPSA) is 120 Å². The van der Waals surface area contributed by atoms with Gasteiger partial charge in [-0.3, -0.25) is 4.57 Å². The zero-order valence-electron chi connectivity index (χ0n) is 15.8. The molecule has 0 unspecified atom stereocenters. The van der Waals surface area contributed by atoms with Crippen molar-refractivity contribution in [2.45, 2.75) is 31.3 Å². The first kappa shape index (κ1) is 20.3. The van der Waals surface area contributed by atoms with Gasteiger partial charge >= 0.3 is 5.76 Å². The Hall–Kier alpha value is -2.95. The van der Waals surface area contributed by atoms with Crippen LogP contribution in [0.5, 0.6) is 0 Å². The van der Waals surface area contributed by atoms with Crippen molar-refractivity contribution < 1.29 is 17.4 Å². The van der Waals surface area contributed by atoms with Crippen molar-refractivity contribution in [3.8, 4) is 0 Å². The number of hydrogen-bond acceptors (Lipinski definition) is 7. The van der Waals surface area contributed by atoms with Crippen LogP contribution < -0.4 is 10.5 Å². The van der Waals surface area contributed by atoms with E-state index in [0.717, 1.165) is 0 Å². The van der Waals surface area contributed by atoms with E-state index in [0.29, 0.717) is 34.2 Å². The molecule has 2 aromatic heterocycles. The van der Waals surface area contributed by atoms with Gasteiger partial charge in [-0.15, -0.1) is 0 Å². The fourth-order valence-electron chi connectivity index (χ4n) is 2.90. The molecule has 0 saturated heterocycles. The first-order chi connectivity index (χ1) is 14.4. The van der Waals surface area contributed by atoms with Crippen LogP contribution in [0.25, 0.3) is 11.1 Å². The Balaban J connectivity index is 1.60. The summed E-state index contributed by atoms with van der Waals surface area (Å²) in [6, 6.07) is 11.2. The van der Waals surface area contributed by atoms with Crippen molar-refractivity contribution in [2.75, 3.05) is 0 Å². The van der Waals surface area contributed by atoms with Crippen molar-refractivity contribution in [1.29, 1.82) is 0 Å². The molecule has 0 bridgehead atoms. The van der Waals surface area contributed by atoms with Gasteiger partial charge in [-0.05, 0) is 23.8 Å². The Morgan fingerprint density at radius 3 is 2.73 bits per heavy atom. The first-order valence-electron chi connectivity index (χ1n) is 9.05. The highest BCUT2D eigenvalue weighted by molar-refractivity contribution is 7.89. The van der Waals surface area contributed by atoms with Crippen LogP contribution in [0.15, 0.2) is 61.1 Å². The second-order valence-corrected chi connectivity index (χ2v) is 8.63. The minimum atomic E-state index is -3.85. The predicted octanol–water partition coefficient (Wildman–Crippen LogP) is 2.72. The van der Waals surface area contributed by atoms with Crippen LogP contribution in [0, 0.1) is 0 Å². The Kier molecular flexibility index (Phi) is 5.46. The number of nitrogens with one attached hydrogen (secondary N) is 1. The van der Waals surface area contributed by atoms with E-state index in [9.17, 15) is 13.2 Å². The number of halogens is 1. The number of aryl methyl sites for hydroxylation is 1. The van der Waals surface area contributed by atoms with Crippen molar-refractivity contribution in [2.24, 2.45) is 0 Å². The molecule has 0 fully saturated rings. The minimum Gasteiger partial charge on any atom is -0.408 e. The van der Waals surface area contributed by atoms with E-state index >= 15 is 0 Å². The number of fused-ring (bicyclic) bond motifs is 1. The van der Waals surface area contributed by atoms with Gasteiger partial charge in [0.2, 0.25) is 15.9 Å². The zero-order valence-corrected chi connectivity index (χ0v) is 17.4. The molecule has 0 saturated carbocycles. The molecule has 4 rings (SSSR count). The molecule has 4 aromatic rings. The van der Waals surface area contributed by atoms with Crippen LogP contribution in [0.1, 0.15) is 24.2 Å². The molecule has 11 heteroatoms. The van der Waals surface area contributed by atoms with Crippen LogP contribution in [0.2, 0.25) is 5.02 Å². The van der Waals surface area contributed by atoms with Crippen LogP contribution in [0.3, 0.4) is 0 Å². The van der Waals surface area contributed by atoms with E-state index in [2.05, 4.69) is 14.9 Å². The third-order valence-corrected chi connectivity index (χ3v) is 6.24. The fraction of sp³-hybridized carbons (Fsp3) is 0.211. The van der Waals surface area contributed by atoms with E-state index in [1.54, 1.807) is 24.3 Å². The van der Waals surface area contributed by atoms with Crippen LogP contribution >= 0.6 is 11.6 Å². The van der Waals surface area contributed by atoms with Crippen molar-refractivity contribution in [3.63, 3.8) is 0 Å². The van der Waals surface area contributed by atoms with E-state index in [4.69, 9.17) is 20.5 Å². The Bertz CT molecular complexity index is 1370. The molecule has 2 heterocycles. The Morgan fingerprint density at radius 1 is 1.20 bits per heavy atom. The molecule has 0 amide bonds. The maximum absolute atomic E-state index is 12.7. The number of rotatable bonds is 7. The maximum Gasteiger partial charge on any atom is 0.420 e. The first-order valence-corrected chi connectivity index (χ1v) is 10.9. The molecule has 156 valence electrons. The van der Waals surface area contributed by atoms with Gasteiger partial charge in [-0.2, -0.15) is 4.98 Å². The molecule has 0 spiro atoms. The summed E-state index contributed by atoms with van der Waals surface area (Å²) in [5.74, 6) is 0.144.